The molecule has 1 rings (SSSR count). The van der Waals surface area contributed by atoms with Gasteiger partial charge in [-0.05, 0) is 45.7 Å². The van der Waals surface area contributed by atoms with Crippen molar-refractivity contribution in [2.24, 2.45) is 16.1 Å². The summed E-state index contributed by atoms with van der Waals surface area (Å²) < 4.78 is 0. The highest BCUT2D eigenvalue weighted by Crippen LogP contribution is 2.37. The van der Waals surface area contributed by atoms with Gasteiger partial charge in [-0.25, -0.2) is 0 Å². The third-order valence-corrected chi connectivity index (χ3v) is 3.62. The SMILES string of the molecule is CC(=CN)C(C#N)=NC1CCC(C)(C(=O)O)CC1. The van der Waals surface area contributed by atoms with Gasteiger partial charge in [0.25, 0.3) is 0 Å². The van der Waals surface area contributed by atoms with Gasteiger partial charge in [-0.15, -0.1) is 0 Å². The molecule has 0 amide bonds. The highest BCUT2D eigenvalue weighted by Gasteiger charge is 2.37. The van der Waals surface area contributed by atoms with E-state index < -0.39 is 11.4 Å². The van der Waals surface area contributed by atoms with E-state index in [1.165, 1.54) is 6.20 Å². The lowest BCUT2D eigenvalue weighted by Gasteiger charge is -2.32. The van der Waals surface area contributed by atoms with Crippen LogP contribution in [0.1, 0.15) is 39.5 Å². The highest BCUT2D eigenvalue weighted by molar-refractivity contribution is 6.10. The molecule has 1 saturated carbocycles. The number of aliphatic carboxylic acids is 1. The summed E-state index contributed by atoms with van der Waals surface area (Å²) in [6.45, 7) is 3.51. The van der Waals surface area contributed by atoms with Crippen LogP contribution >= 0.6 is 0 Å². The maximum Gasteiger partial charge on any atom is 0.309 e. The van der Waals surface area contributed by atoms with E-state index in [0.717, 1.165) is 0 Å². The van der Waals surface area contributed by atoms with Gasteiger partial charge in [-0.2, -0.15) is 5.26 Å². The Morgan fingerprint density at radius 2 is 2.11 bits per heavy atom. The molecule has 1 aliphatic rings. The number of rotatable bonds is 3. The first-order valence-corrected chi connectivity index (χ1v) is 6.03. The zero-order valence-corrected chi connectivity index (χ0v) is 10.8. The molecule has 18 heavy (non-hydrogen) atoms. The number of hydrogen-bond acceptors (Lipinski definition) is 4. The van der Waals surface area contributed by atoms with Gasteiger partial charge < -0.3 is 10.8 Å². The van der Waals surface area contributed by atoms with Crippen molar-refractivity contribution in [3.05, 3.63) is 11.8 Å². The van der Waals surface area contributed by atoms with Crippen molar-refractivity contribution in [1.29, 1.82) is 5.26 Å². The van der Waals surface area contributed by atoms with E-state index in [-0.39, 0.29) is 6.04 Å². The lowest BCUT2D eigenvalue weighted by atomic mass is 9.74. The fraction of sp³-hybridized carbons (Fsp3) is 0.615. The van der Waals surface area contributed by atoms with E-state index in [2.05, 4.69) is 4.99 Å². The summed E-state index contributed by atoms with van der Waals surface area (Å²) in [7, 11) is 0. The summed E-state index contributed by atoms with van der Waals surface area (Å²) in [5, 5.41) is 18.1. The molecule has 5 nitrogen and oxygen atoms in total. The van der Waals surface area contributed by atoms with Crippen LogP contribution in [0.5, 0.6) is 0 Å². The van der Waals surface area contributed by atoms with Gasteiger partial charge >= 0.3 is 5.97 Å². The lowest BCUT2D eigenvalue weighted by Crippen LogP contribution is -2.33. The van der Waals surface area contributed by atoms with Crippen LogP contribution in [0.2, 0.25) is 0 Å². The normalized spacial score (nSPS) is 29.7. The van der Waals surface area contributed by atoms with E-state index in [1.54, 1.807) is 13.8 Å². The van der Waals surface area contributed by atoms with Crippen LogP contribution in [0.15, 0.2) is 16.8 Å². The molecule has 98 valence electrons. The molecular formula is C13H19N3O2. The van der Waals surface area contributed by atoms with Crippen molar-refractivity contribution >= 4 is 11.7 Å². The topological polar surface area (TPSA) is 99.5 Å². The van der Waals surface area contributed by atoms with E-state index >= 15 is 0 Å². The Hall–Kier alpha value is -1.83. The van der Waals surface area contributed by atoms with Crippen molar-refractivity contribution < 1.29 is 9.90 Å². The molecule has 0 heterocycles. The molecule has 1 fully saturated rings. The Bertz CT molecular complexity index is 424. The Kier molecular flexibility index (Phi) is 4.49. The molecule has 0 atom stereocenters. The first-order valence-electron chi connectivity index (χ1n) is 6.03. The Balaban J connectivity index is 2.73. The molecule has 1 aliphatic carbocycles. The summed E-state index contributed by atoms with van der Waals surface area (Å²) >= 11 is 0. The Morgan fingerprint density at radius 1 is 1.56 bits per heavy atom. The molecule has 0 spiro atoms. The minimum Gasteiger partial charge on any atom is -0.481 e. The van der Waals surface area contributed by atoms with Crippen molar-refractivity contribution in [1.82, 2.24) is 0 Å². The van der Waals surface area contributed by atoms with Gasteiger partial charge in [-0.3, -0.25) is 9.79 Å². The van der Waals surface area contributed by atoms with Crippen LogP contribution in [0.25, 0.3) is 0 Å². The molecule has 0 aliphatic heterocycles. The second-order valence-corrected chi connectivity index (χ2v) is 5.04. The number of aliphatic imine (C=N–C) groups is 1. The van der Waals surface area contributed by atoms with Crippen LogP contribution in [0, 0.1) is 16.7 Å². The third-order valence-electron chi connectivity index (χ3n) is 3.62. The minimum atomic E-state index is -0.747. The second-order valence-electron chi connectivity index (χ2n) is 5.04. The molecule has 0 aromatic rings. The Labute approximate surface area is 107 Å². The monoisotopic (exact) mass is 249 g/mol. The van der Waals surface area contributed by atoms with Crippen LogP contribution in [0.3, 0.4) is 0 Å². The summed E-state index contributed by atoms with van der Waals surface area (Å²) in [5.74, 6) is -0.747. The second kappa shape index (κ2) is 5.67. The van der Waals surface area contributed by atoms with Gasteiger partial charge in [0, 0.05) is 5.57 Å². The van der Waals surface area contributed by atoms with Crippen LogP contribution in [-0.4, -0.2) is 22.8 Å². The molecule has 5 heteroatoms. The number of allylic oxidation sites excluding steroid dienone is 1. The smallest absolute Gasteiger partial charge is 0.309 e. The van der Waals surface area contributed by atoms with Crippen molar-refractivity contribution in [3.63, 3.8) is 0 Å². The van der Waals surface area contributed by atoms with Crippen molar-refractivity contribution in [3.8, 4) is 6.07 Å². The number of carboxylic acid groups (broad SMARTS) is 1. The lowest BCUT2D eigenvalue weighted by molar-refractivity contribution is -0.149. The molecular weight excluding hydrogens is 230 g/mol. The zero-order chi connectivity index (χ0) is 13.8. The summed E-state index contributed by atoms with van der Waals surface area (Å²) in [5.41, 5.74) is 5.73. The number of hydrogen-bond donors (Lipinski definition) is 2. The minimum absolute atomic E-state index is 0.0296. The maximum atomic E-state index is 11.1. The molecule has 0 bridgehead atoms. The number of carbonyl (C=O) groups is 1. The van der Waals surface area contributed by atoms with Gasteiger partial charge in [0.05, 0.1) is 11.5 Å². The molecule has 0 aromatic carbocycles. The third kappa shape index (κ3) is 3.10. The van der Waals surface area contributed by atoms with Gasteiger partial charge in [0.1, 0.15) is 11.8 Å². The predicted molar refractivity (Wildman–Crippen MR) is 69.0 cm³/mol. The fourth-order valence-corrected chi connectivity index (χ4v) is 2.06. The number of nitrogens with zero attached hydrogens (tertiary/aromatic N) is 2. The number of carboxylic acids is 1. The molecule has 0 aromatic heterocycles. The zero-order valence-electron chi connectivity index (χ0n) is 10.8. The van der Waals surface area contributed by atoms with E-state index in [1.807, 2.05) is 6.07 Å². The van der Waals surface area contributed by atoms with Crippen LogP contribution in [-0.2, 0) is 4.79 Å². The molecule has 0 radical (unpaired) electrons. The van der Waals surface area contributed by atoms with E-state index in [4.69, 9.17) is 16.1 Å². The number of nitrogens with two attached hydrogens (primary N) is 1. The first-order chi connectivity index (χ1) is 8.42. The van der Waals surface area contributed by atoms with Crippen LogP contribution in [0.4, 0.5) is 0 Å². The van der Waals surface area contributed by atoms with Crippen LogP contribution < -0.4 is 5.73 Å². The molecule has 0 saturated heterocycles. The number of nitriles is 1. The van der Waals surface area contributed by atoms with Crippen molar-refractivity contribution in [2.75, 3.05) is 0 Å². The quantitative estimate of drug-likeness (QED) is 0.745. The van der Waals surface area contributed by atoms with Crippen molar-refractivity contribution in [2.45, 2.75) is 45.6 Å². The maximum absolute atomic E-state index is 11.1. The largest absolute Gasteiger partial charge is 0.481 e. The fourth-order valence-electron chi connectivity index (χ4n) is 2.06. The van der Waals surface area contributed by atoms with E-state index in [0.29, 0.717) is 37.0 Å². The predicted octanol–water partition coefficient (Wildman–Crippen LogP) is 1.85. The van der Waals surface area contributed by atoms with Gasteiger partial charge in [0.15, 0.2) is 0 Å². The van der Waals surface area contributed by atoms with E-state index in [9.17, 15) is 4.79 Å². The first kappa shape index (κ1) is 14.2. The molecule has 3 N–H and O–H groups in total. The average Bonchev–Trinajstić information content (AvgIpc) is 2.37. The standard InChI is InChI=1S/C13H19N3O2/c1-9(7-14)11(8-15)16-10-3-5-13(2,6-4-10)12(17)18/h7,10H,3-6,14H2,1-2H3,(H,17,18). The summed E-state index contributed by atoms with van der Waals surface area (Å²) in [6, 6.07) is 2.06. The average molecular weight is 249 g/mol. The summed E-state index contributed by atoms with van der Waals surface area (Å²) in [4.78, 5) is 15.5. The highest BCUT2D eigenvalue weighted by atomic mass is 16.4. The molecule has 0 unspecified atom stereocenters. The Morgan fingerprint density at radius 3 is 2.50 bits per heavy atom. The van der Waals surface area contributed by atoms with Gasteiger partial charge in [0.2, 0.25) is 0 Å². The summed E-state index contributed by atoms with van der Waals surface area (Å²) in [6.07, 6.45) is 3.96. The van der Waals surface area contributed by atoms with Gasteiger partial charge in [-0.1, -0.05) is 0 Å².